The first kappa shape index (κ1) is 29.4. The molecule has 2 aromatic rings. The Hall–Kier alpha value is -2.87. The number of nitrogens with one attached hydrogen (secondary N) is 1. The summed E-state index contributed by atoms with van der Waals surface area (Å²) in [6.07, 6.45) is 2.94. The van der Waals surface area contributed by atoms with Gasteiger partial charge in [-0.2, -0.15) is 0 Å². The average molecular weight is 516 g/mol. The number of amides is 2. The van der Waals surface area contributed by atoms with Gasteiger partial charge >= 0.3 is 0 Å². The van der Waals surface area contributed by atoms with Crippen LogP contribution in [-0.4, -0.2) is 50.0 Å². The van der Waals surface area contributed by atoms with Crippen LogP contribution in [0, 0.1) is 13.8 Å². The fourth-order valence-electron chi connectivity index (χ4n) is 4.08. The minimum Gasteiger partial charge on any atom is -0.352 e. The Labute approximate surface area is 216 Å². The molecule has 2 amide bonds. The van der Waals surface area contributed by atoms with Crippen molar-refractivity contribution in [3.63, 3.8) is 0 Å². The van der Waals surface area contributed by atoms with Crippen molar-refractivity contribution in [3.8, 4) is 0 Å². The van der Waals surface area contributed by atoms with Crippen molar-refractivity contribution >= 4 is 27.5 Å². The van der Waals surface area contributed by atoms with E-state index >= 15 is 0 Å². The Morgan fingerprint density at radius 3 is 2.17 bits per heavy atom. The molecule has 1 N–H and O–H groups in total. The molecule has 0 heterocycles. The number of carbonyl (C=O) groups is 2. The zero-order valence-electron chi connectivity index (χ0n) is 22.5. The Morgan fingerprint density at radius 1 is 0.972 bits per heavy atom. The number of nitrogens with zero attached hydrogens (tertiary/aromatic N) is 2. The quantitative estimate of drug-likeness (QED) is 0.423. The highest BCUT2D eigenvalue weighted by Crippen LogP contribution is 2.23. The summed E-state index contributed by atoms with van der Waals surface area (Å²) in [6, 6.07) is 14.6. The van der Waals surface area contributed by atoms with Crippen LogP contribution in [0.4, 0.5) is 5.69 Å². The van der Waals surface area contributed by atoms with Gasteiger partial charge in [-0.3, -0.25) is 13.9 Å². The first-order chi connectivity index (χ1) is 17.0. The number of hydrogen-bond donors (Lipinski definition) is 1. The van der Waals surface area contributed by atoms with Gasteiger partial charge in [0.1, 0.15) is 6.04 Å². The summed E-state index contributed by atoms with van der Waals surface area (Å²) < 4.78 is 26.4. The average Bonchev–Trinajstić information content (AvgIpc) is 2.82. The van der Waals surface area contributed by atoms with Crippen molar-refractivity contribution in [2.24, 2.45) is 0 Å². The highest BCUT2D eigenvalue weighted by Gasteiger charge is 2.29. The monoisotopic (exact) mass is 515 g/mol. The van der Waals surface area contributed by atoms with Gasteiger partial charge in [0.25, 0.3) is 0 Å². The molecule has 0 unspecified atom stereocenters. The highest BCUT2D eigenvalue weighted by molar-refractivity contribution is 7.92. The SMILES string of the molecule is CC[C@H](C(=O)N[C@@H](C)CC)N(Cc1ccc(C)cc1)C(=O)CCCN(c1ccccc1C)S(C)(=O)=O. The van der Waals surface area contributed by atoms with Crippen molar-refractivity contribution in [3.05, 3.63) is 65.2 Å². The van der Waals surface area contributed by atoms with Gasteiger partial charge in [0.05, 0.1) is 11.9 Å². The maximum absolute atomic E-state index is 13.5. The maximum Gasteiger partial charge on any atom is 0.243 e. The van der Waals surface area contributed by atoms with Crippen molar-refractivity contribution in [2.45, 2.75) is 78.9 Å². The number of sulfonamides is 1. The predicted molar refractivity (Wildman–Crippen MR) is 146 cm³/mol. The molecule has 198 valence electrons. The zero-order valence-corrected chi connectivity index (χ0v) is 23.3. The van der Waals surface area contributed by atoms with Gasteiger partial charge < -0.3 is 10.2 Å². The van der Waals surface area contributed by atoms with E-state index in [-0.39, 0.29) is 30.8 Å². The third kappa shape index (κ3) is 8.36. The molecular weight excluding hydrogens is 474 g/mol. The van der Waals surface area contributed by atoms with Gasteiger partial charge in [-0.05, 0) is 57.2 Å². The van der Waals surface area contributed by atoms with Crippen molar-refractivity contribution in [1.29, 1.82) is 0 Å². The Balaban J connectivity index is 2.23. The van der Waals surface area contributed by atoms with E-state index in [1.54, 1.807) is 17.0 Å². The lowest BCUT2D eigenvalue weighted by atomic mass is 10.1. The molecule has 8 heteroatoms. The van der Waals surface area contributed by atoms with E-state index in [0.717, 1.165) is 23.1 Å². The fourth-order valence-corrected chi connectivity index (χ4v) is 5.10. The van der Waals surface area contributed by atoms with Crippen LogP contribution in [0.2, 0.25) is 0 Å². The Morgan fingerprint density at radius 2 is 1.61 bits per heavy atom. The molecule has 2 atom stereocenters. The normalized spacial score (nSPS) is 13.1. The zero-order chi connectivity index (χ0) is 26.9. The van der Waals surface area contributed by atoms with Crippen LogP contribution in [0.25, 0.3) is 0 Å². The third-order valence-corrected chi connectivity index (χ3v) is 7.58. The van der Waals surface area contributed by atoms with E-state index in [0.29, 0.717) is 25.1 Å². The van der Waals surface area contributed by atoms with Crippen LogP contribution in [0.1, 0.15) is 63.1 Å². The second-order valence-corrected chi connectivity index (χ2v) is 11.4. The summed E-state index contributed by atoms with van der Waals surface area (Å²) in [7, 11) is -3.52. The number of rotatable bonds is 13. The second-order valence-electron chi connectivity index (χ2n) is 9.47. The van der Waals surface area contributed by atoms with E-state index in [2.05, 4.69) is 5.32 Å². The summed E-state index contributed by atoms with van der Waals surface area (Å²) in [5.41, 5.74) is 3.53. The first-order valence-electron chi connectivity index (χ1n) is 12.7. The molecule has 0 aliphatic carbocycles. The molecular formula is C28H41N3O4S. The molecule has 36 heavy (non-hydrogen) atoms. The van der Waals surface area contributed by atoms with E-state index in [4.69, 9.17) is 0 Å². The molecule has 2 aromatic carbocycles. The third-order valence-electron chi connectivity index (χ3n) is 6.40. The molecule has 0 saturated heterocycles. The lowest BCUT2D eigenvalue weighted by Crippen LogP contribution is -2.50. The molecule has 0 fully saturated rings. The van der Waals surface area contributed by atoms with Crippen LogP contribution in [-0.2, 0) is 26.2 Å². The molecule has 0 aliphatic heterocycles. The van der Waals surface area contributed by atoms with Crippen molar-refractivity contribution in [1.82, 2.24) is 10.2 Å². The summed E-state index contributed by atoms with van der Waals surface area (Å²) in [6.45, 7) is 10.2. The van der Waals surface area contributed by atoms with Gasteiger partial charge in [0, 0.05) is 25.6 Å². The van der Waals surface area contributed by atoms with Crippen LogP contribution in [0.3, 0.4) is 0 Å². The van der Waals surface area contributed by atoms with Crippen molar-refractivity contribution in [2.75, 3.05) is 17.1 Å². The molecule has 7 nitrogen and oxygen atoms in total. The largest absolute Gasteiger partial charge is 0.352 e. The summed E-state index contributed by atoms with van der Waals surface area (Å²) in [5.74, 6) is -0.329. The molecule has 0 bridgehead atoms. The van der Waals surface area contributed by atoms with Crippen molar-refractivity contribution < 1.29 is 18.0 Å². The summed E-state index contributed by atoms with van der Waals surface area (Å²) >= 11 is 0. The molecule has 2 rings (SSSR count). The molecule has 0 radical (unpaired) electrons. The lowest BCUT2D eigenvalue weighted by Gasteiger charge is -2.32. The van der Waals surface area contributed by atoms with Gasteiger partial charge in [0.15, 0.2) is 0 Å². The van der Waals surface area contributed by atoms with E-state index in [1.165, 1.54) is 10.6 Å². The number of para-hydroxylation sites is 1. The van der Waals surface area contributed by atoms with Gasteiger partial charge in [0.2, 0.25) is 21.8 Å². The van der Waals surface area contributed by atoms with Crippen LogP contribution in [0.5, 0.6) is 0 Å². The predicted octanol–water partition coefficient (Wildman–Crippen LogP) is 4.57. The number of anilines is 1. The molecule has 0 aromatic heterocycles. The van der Waals surface area contributed by atoms with Gasteiger partial charge in [-0.1, -0.05) is 61.9 Å². The van der Waals surface area contributed by atoms with E-state index in [9.17, 15) is 18.0 Å². The second kappa shape index (κ2) is 13.4. The number of carbonyl (C=O) groups excluding carboxylic acids is 2. The topological polar surface area (TPSA) is 86.8 Å². The minimum atomic E-state index is -3.52. The standard InChI is InChI=1S/C28H41N3O4S/c1-7-23(5)29-28(33)25(8-2)30(20-24-17-15-21(3)16-18-24)27(32)14-11-19-31(36(6,34)35)26-13-10-9-12-22(26)4/h9-10,12-13,15-18,23,25H,7-8,11,14,19-20H2,1-6H3,(H,29,33)/t23-,25+/m0/s1. The number of aryl methyl sites for hydroxylation is 2. The van der Waals surface area contributed by atoms with E-state index < -0.39 is 16.1 Å². The molecule has 0 spiro atoms. The Kier molecular flexibility index (Phi) is 11.0. The van der Waals surface area contributed by atoms with Gasteiger partial charge in [-0.15, -0.1) is 0 Å². The number of benzene rings is 2. The molecule has 0 aliphatic rings. The van der Waals surface area contributed by atoms with Crippen LogP contribution >= 0.6 is 0 Å². The van der Waals surface area contributed by atoms with Crippen LogP contribution in [0.15, 0.2) is 48.5 Å². The fraction of sp³-hybridized carbons (Fsp3) is 0.500. The first-order valence-corrected chi connectivity index (χ1v) is 14.5. The smallest absolute Gasteiger partial charge is 0.243 e. The molecule has 0 saturated carbocycles. The number of hydrogen-bond acceptors (Lipinski definition) is 4. The summed E-state index contributed by atoms with van der Waals surface area (Å²) in [4.78, 5) is 28.2. The Bertz CT molecular complexity index is 1120. The summed E-state index contributed by atoms with van der Waals surface area (Å²) in [5, 5.41) is 3.01. The van der Waals surface area contributed by atoms with E-state index in [1.807, 2.05) is 71.0 Å². The minimum absolute atomic E-state index is 0.0142. The lowest BCUT2D eigenvalue weighted by molar-refractivity contribution is -0.141. The highest BCUT2D eigenvalue weighted by atomic mass is 32.2. The van der Waals surface area contributed by atoms with Crippen LogP contribution < -0.4 is 9.62 Å². The maximum atomic E-state index is 13.5. The van der Waals surface area contributed by atoms with Gasteiger partial charge in [-0.25, -0.2) is 8.42 Å².